The second-order valence-corrected chi connectivity index (χ2v) is 11.7. The van der Waals surface area contributed by atoms with Gasteiger partial charge in [0.05, 0.1) is 0 Å². The van der Waals surface area contributed by atoms with Gasteiger partial charge in [-0.3, -0.25) is 0 Å². The molecular weight excluding hydrogens is 544 g/mol. The van der Waals surface area contributed by atoms with Crippen molar-refractivity contribution in [2.24, 2.45) is 0 Å². The molecule has 0 fully saturated rings. The molecule has 1 aliphatic heterocycles. The fourth-order valence-corrected chi connectivity index (χ4v) is 7.86. The maximum Gasteiger partial charge on any atom is 0.0332 e. The third-order valence-electron chi connectivity index (χ3n) is 7.75. The van der Waals surface area contributed by atoms with Crippen LogP contribution in [0.25, 0.3) is 65.7 Å². The van der Waals surface area contributed by atoms with Crippen LogP contribution in [0.4, 0.5) is 0 Å². The van der Waals surface area contributed by atoms with Crippen LogP contribution in [-0.4, -0.2) is 0 Å². The molecule has 0 N–H and O–H groups in total. The molecule has 1 aliphatic rings. The lowest BCUT2D eigenvalue weighted by molar-refractivity contribution is 1.40. The molecule has 0 radical (unpaired) electrons. The number of rotatable bonds is 2. The average Bonchev–Trinajstić information content (AvgIpc) is 2.98. The van der Waals surface area contributed by atoms with Gasteiger partial charge in [0.15, 0.2) is 0 Å². The highest BCUT2D eigenvalue weighted by molar-refractivity contribution is 9.10. The fraction of sp³-hybridized carbons (Fsp3) is 0. The van der Waals surface area contributed by atoms with E-state index in [0.717, 1.165) is 4.47 Å². The van der Waals surface area contributed by atoms with Crippen molar-refractivity contribution in [2.75, 3.05) is 0 Å². The van der Waals surface area contributed by atoms with E-state index in [4.69, 9.17) is 0 Å². The molecule has 1 heterocycles. The second-order valence-electron chi connectivity index (χ2n) is 9.80. The van der Waals surface area contributed by atoms with E-state index in [1.54, 1.807) is 0 Å². The van der Waals surface area contributed by atoms with Crippen LogP contribution in [0.1, 0.15) is 0 Å². The summed E-state index contributed by atoms with van der Waals surface area (Å²) >= 11 is 5.76. The summed E-state index contributed by atoms with van der Waals surface area (Å²) in [5, 5.41) is 7.70. The molecule has 8 rings (SSSR count). The molecule has 0 bridgehead atoms. The van der Waals surface area contributed by atoms with Crippen LogP contribution < -0.4 is 0 Å². The van der Waals surface area contributed by atoms with Crippen LogP contribution in [0.2, 0.25) is 0 Å². The van der Waals surface area contributed by atoms with Crippen LogP contribution >= 0.6 is 27.7 Å². The van der Waals surface area contributed by atoms with Crippen LogP contribution in [0.5, 0.6) is 0 Å². The second kappa shape index (κ2) is 8.59. The molecule has 178 valence electrons. The average molecular weight is 566 g/mol. The minimum Gasteiger partial charge on any atom is -0.0888 e. The molecule has 0 atom stereocenters. The van der Waals surface area contributed by atoms with Gasteiger partial charge in [0.1, 0.15) is 0 Å². The Morgan fingerprint density at radius 3 is 1.71 bits per heavy atom. The highest BCUT2D eigenvalue weighted by Gasteiger charge is 2.20. The molecule has 0 saturated carbocycles. The molecule has 0 amide bonds. The molecule has 7 aromatic carbocycles. The van der Waals surface area contributed by atoms with E-state index in [2.05, 4.69) is 143 Å². The van der Waals surface area contributed by atoms with Crippen molar-refractivity contribution in [2.45, 2.75) is 9.79 Å². The van der Waals surface area contributed by atoms with Crippen molar-refractivity contribution in [3.05, 3.63) is 132 Å². The van der Waals surface area contributed by atoms with E-state index >= 15 is 0 Å². The summed E-state index contributed by atoms with van der Waals surface area (Å²) in [6.45, 7) is 0. The molecule has 0 nitrogen and oxygen atoms in total. The fourth-order valence-electron chi connectivity index (χ4n) is 6.03. The Morgan fingerprint density at radius 1 is 0.395 bits per heavy atom. The SMILES string of the molecule is Brc1c2ccccc2c(-c2ccc(-c3ccc4c5c(cccc35)-c3ccccc3S4)cc2)c2ccccc12. The van der Waals surface area contributed by atoms with E-state index in [0.29, 0.717) is 0 Å². The lowest BCUT2D eigenvalue weighted by atomic mass is 9.89. The van der Waals surface area contributed by atoms with Crippen molar-refractivity contribution in [1.29, 1.82) is 0 Å². The van der Waals surface area contributed by atoms with Crippen molar-refractivity contribution < 1.29 is 0 Å². The normalized spacial score (nSPS) is 12.2. The topological polar surface area (TPSA) is 0 Å². The lowest BCUT2D eigenvalue weighted by Crippen LogP contribution is -1.94. The van der Waals surface area contributed by atoms with Crippen molar-refractivity contribution in [3.63, 3.8) is 0 Å². The minimum atomic E-state index is 1.16. The molecule has 2 heteroatoms. The lowest BCUT2D eigenvalue weighted by Gasteiger charge is -2.21. The van der Waals surface area contributed by atoms with Crippen LogP contribution in [-0.2, 0) is 0 Å². The summed E-state index contributed by atoms with van der Waals surface area (Å²) in [5.41, 5.74) is 7.71. The van der Waals surface area contributed by atoms with Crippen molar-refractivity contribution >= 4 is 60.0 Å². The summed E-state index contributed by atoms with van der Waals surface area (Å²) in [5.74, 6) is 0. The molecule has 0 saturated heterocycles. The number of benzene rings is 7. The Balaban J connectivity index is 1.32. The number of hydrogen-bond acceptors (Lipinski definition) is 1. The van der Waals surface area contributed by atoms with E-state index < -0.39 is 0 Å². The monoisotopic (exact) mass is 564 g/mol. The van der Waals surface area contributed by atoms with Crippen LogP contribution in [0.15, 0.2) is 142 Å². The van der Waals surface area contributed by atoms with Gasteiger partial charge in [-0.15, -0.1) is 0 Å². The van der Waals surface area contributed by atoms with E-state index in [1.807, 2.05) is 11.8 Å². The van der Waals surface area contributed by atoms with E-state index in [1.165, 1.54) is 75.5 Å². The maximum absolute atomic E-state index is 3.89. The Kier molecular flexibility index (Phi) is 5.01. The molecule has 0 aliphatic carbocycles. The quantitative estimate of drug-likeness (QED) is 0.188. The van der Waals surface area contributed by atoms with Gasteiger partial charge in [-0.05, 0) is 88.4 Å². The Morgan fingerprint density at radius 2 is 0.974 bits per heavy atom. The first-order chi connectivity index (χ1) is 18.8. The Hall–Kier alpha value is -3.85. The zero-order chi connectivity index (χ0) is 25.2. The maximum atomic E-state index is 3.89. The molecule has 38 heavy (non-hydrogen) atoms. The third kappa shape index (κ3) is 3.24. The summed E-state index contributed by atoms with van der Waals surface area (Å²) in [4.78, 5) is 2.67. The van der Waals surface area contributed by atoms with E-state index in [9.17, 15) is 0 Å². The molecule has 7 aromatic rings. The molecule has 0 spiro atoms. The zero-order valence-corrected chi connectivity index (χ0v) is 22.8. The largest absolute Gasteiger partial charge is 0.0888 e. The van der Waals surface area contributed by atoms with Gasteiger partial charge in [0, 0.05) is 19.6 Å². The third-order valence-corrected chi connectivity index (χ3v) is 9.74. The summed E-state index contributed by atoms with van der Waals surface area (Å²) in [7, 11) is 0. The van der Waals surface area contributed by atoms with Gasteiger partial charge < -0.3 is 0 Å². The predicted octanol–water partition coefficient (Wildman–Crippen LogP) is 11.4. The number of fused-ring (bicyclic) bond motifs is 4. The van der Waals surface area contributed by atoms with Gasteiger partial charge in [-0.1, -0.05) is 127 Å². The highest BCUT2D eigenvalue weighted by atomic mass is 79.9. The van der Waals surface area contributed by atoms with Crippen LogP contribution in [0, 0.1) is 0 Å². The first kappa shape index (κ1) is 22.2. The summed E-state index contributed by atoms with van der Waals surface area (Å²) in [6.07, 6.45) is 0. The van der Waals surface area contributed by atoms with Gasteiger partial charge in [-0.2, -0.15) is 0 Å². The number of hydrogen-bond donors (Lipinski definition) is 0. The van der Waals surface area contributed by atoms with E-state index in [-0.39, 0.29) is 0 Å². The van der Waals surface area contributed by atoms with Gasteiger partial charge in [0.25, 0.3) is 0 Å². The first-order valence-corrected chi connectivity index (χ1v) is 14.4. The van der Waals surface area contributed by atoms with Crippen molar-refractivity contribution in [1.82, 2.24) is 0 Å². The van der Waals surface area contributed by atoms with Crippen LogP contribution in [0.3, 0.4) is 0 Å². The Bertz CT molecular complexity index is 2000. The van der Waals surface area contributed by atoms with Gasteiger partial charge >= 0.3 is 0 Å². The molecule has 0 unspecified atom stereocenters. The smallest absolute Gasteiger partial charge is 0.0332 e. The number of halogens is 1. The molecule has 0 aromatic heterocycles. The van der Waals surface area contributed by atoms with Gasteiger partial charge in [0.2, 0.25) is 0 Å². The first-order valence-electron chi connectivity index (χ1n) is 12.8. The summed E-state index contributed by atoms with van der Waals surface area (Å²) in [6, 6.07) is 46.6. The van der Waals surface area contributed by atoms with Crippen molar-refractivity contribution in [3.8, 4) is 33.4 Å². The standard InChI is InChI=1S/C36H21BrS/c37-36-30-11-3-1-9-28(30)34(29-10-2-4-12-31(29)36)23-18-16-22(17-19-23)24-20-21-33-35-26(24)13-7-14-27(35)25-8-5-6-15-32(25)38-33/h1-21H. The zero-order valence-electron chi connectivity index (χ0n) is 20.4. The highest BCUT2D eigenvalue weighted by Crippen LogP contribution is 2.49. The minimum absolute atomic E-state index is 1.16. The summed E-state index contributed by atoms with van der Waals surface area (Å²) < 4.78 is 1.16. The molecular formula is C36H21BrS. The van der Waals surface area contributed by atoms with Gasteiger partial charge in [-0.25, -0.2) is 0 Å². The predicted molar refractivity (Wildman–Crippen MR) is 167 cm³/mol. The Labute approximate surface area is 234 Å².